The van der Waals surface area contributed by atoms with Crippen LogP contribution in [0, 0.1) is 5.92 Å². The summed E-state index contributed by atoms with van der Waals surface area (Å²) in [6.45, 7) is 2.30. The molecule has 5 heteroatoms. The molecule has 1 aliphatic carbocycles. The van der Waals surface area contributed by atoms with Gasteiger partial charge >= 0.3 is 0 Å². The third-order valence-corrected chi connectivity index (χ3v) is 4.50. The predicted molar refractivity (Wildman–Crippen MR) is 72.2 cm³/mol. The molecule has 0 bridgehead atoms. The number of carbonyl (C=O) groups excluding carboxylic acids is 1. The fourth-order valence-corrected chi connectivity index (χ4v) is 3.23. The highest BCUT2D eigenvalue weighted by Crippen LogP contribution is 2.26. The SMILES string of the molecule is NC1CCCCC1CC(=O)N1CCn2ccnc2C1. The molecular formula is C14H22N4O. The van der Waals surface area contributed by atoms with Crippen LogP contribution in [0.25, 0.3) is 0 Å². The van der Waals surface area contributed by atoms with Gasteiger partial charge in [-0.2, -0.15) is 0 Å². The second kappa shape index (κ2) is 5.33. The molecule has 0 saturated heterocycles. The van der Waals surface area contributed by atoms with Crippen LogP contribution in [0.15, 0.2) is 12.4 Å². The van der Waals surface area contributed by atoms with E-state index in [0.29, 0.717) is 18.9 Å². The summed E-state index contributed by atoms with van der Waals surface area (Å²) in [6, 6.07) is 0.212. The van der Waals surface area contributed by atoms with Crippen LogP contribution in [0.1, 0.15) is 37.9 Å². The molecule has 3 rings (SSSR count). The number of carbonyl (C=O) groups is 1. The van der Waals surface area contributed by atoms with E-state index in [-0.39, 0.29) is 11.9 Å². The zero-order valence-corrected chi connectivity index (χ0v) is 11.3. The Hall–Kier alpha value is -1.36. The van der Waals surface area contributed by atoms with Crippen molar-refractivity contribution in [3.8, 4) is 0 Å². The maximum Gasteiger partial charge on any atom is 0.223 e. The van der Waals surface area contributed by atoms with Crippen LogP contribution >= 0.6 is 0 Å². The minimum Gasteiger partial charge on any atom is -0.333 e. The van der Waals surface area contributed by atoms with E-state index < -0.39 is 0 Å². The van der Waals surface area contributed by atoms with E-state index in [2.05, 4.69) is 9.55 Å². The van der Waals surface area contributed by atoms with Crippen molar-refractivity contribution in [2.45, 2.75) is 51.2 Å². The minimum atomic E-state index is 0.212. The van der Waals surface area contributed by atoms with Gasteiger partial charge in [0, 0.05) is 37.9 Å². The van der Waals surface area contributed by atoms with Gasteiger partial charge in [-0.25, -0.2) is 4.98 Å². The molecule has 2 heterocycles. The first kappa shape index (κ1) is 12.7. The van der Waals surface area contributed by atoms with E-state index in [0.717, 1.165) is 31.8 Å². The highest BCUT2D eigenvalue weighted by Gasteiger charge is 2.28. The summed E-state index contributed by atoms with van der Waals surface area (Å²) in [5.74, 6) is 1.62. The molecule has 1 amide bonds. The number of hydrogen-bond donors (Lipinski definition) is 1. The van der Waals surface area contributed by atoms with Crippen molar-refractivity contribution >= 4 is 5.91 Å². The maximum absolute atomic E-state index is 12.4. The van der Waals surface area contributed by atoms with Gasteiger partial charge in [0.15, 0.2) is 0 Å². The van der Waals surface area contributed by atoms with Crippen LogP contribution in [-0.2, 0) is 17.9 Å². The van der Waals surface area contributed by atoms with Crippen LogP contribution in [0.5, 0.6) is 0 Å². The second-order valence-corrected chi connectivity index (χ2v) is 5.76. The van der Waals surface area contributed by atoms with Crippen molar-refractivity contribution < 1.29 is 4.79 Å². The molecule has 1 saturated carbocycles. The lowest BCUT2D eigenvalue weighted by molar-refractivity contribution is -0.134. The van der Waals surface area contributed by atoms with Crippen molar-refractivity contribution in [1.29, 1.82) is 0 Å². The molecular weight excluding hydrogens is 240 g/mol. The lowest BCUT2D eigenvalue weighted by Gasteiger charge is -2.32. The highest BCUT2D eigenvalue weighted by molar-refractivity contribution is 5.76. The average molecular weight is 262 g/mol. The Morgan fingerprint density at radius 1 is 1.37 bits per heavy atom. The van der Waals surface area contributed by atoms with E-state index in [1.54, 1.807) is 6.20 Å². The first-order valence-electron chi connectivity index (χ1n) is 7.27. The summed E-state index contributed by atoms with van der Waals surface area (Å²) in [7, 11) is 0. The summed E-state index contributed by atoms with van der Waals surface area (Å²) < 4.78 is 2.12. The van der Waals surface area contributed by atoms with Crippen LogP contribution < -0.4 is 5.73 Å². The van der Waals surface area contributed by atoms with Crippen LogP contribution in [0.4, 0.5) is 0 Å². The maximum atomic E-state index is 12.4. The Morgan fingerprint density at radius 2 is 2.21 bits per heavy atom. The highest BCUT2D eigenvalue weighted by atomic mass is 16.2. The van der Waals surface area contributed by atoms with Crippen molar-refractivity contribution in [3.05, 3.63) is 18.2 Å². The molecule has 2 unspecified atom stereocenters. The average Bonchev–Trinajstić information content (AvgIpc) is 2.88. The largest absolute Gasteiger partial charge is 0.333 e. The van der Waals surface area contributed by atoms with Crippen molar-refractivity contribution in [2.75, 3.05) is 6.54 Å². The van der Waals surface area contributed by atoms with Crippen molar-refractivity contribution in [3.63, 3.8) is 0 Å². The Labute approximate surface area is 113 Å². The lowest BCUT2D eigenvalue weighted by atomic mass is 9.82. The fraction of sp³-hybridized carbons (Fsp3) is 0.714. The topological polar surface area (TPSA) is 64.2 Å². The number of nitrogens with zero attached hydrogens (tertiary/aromatic N) is 3. The zero-order chi connectivity index (χ0) is 13.2. The number of fused-ring (bicyclic) bond motifs is 1. The summed E-state index contributed by atoms with van der Waals surface area (Å²) in [6.07, 6.45) is 9.01. The molecule has 0 spiro atoms. The van der Waals surface area contributed by atoms with Gasteiger partial charge in [0.1, 0.15) is 5.82 Å². The fourth-order valence-electron chi connectivity index (χ4n) is 3.23. The van der Waals surface area contributed by atoms with Gasteiger partial charge in [0.05, 0.1) is 6.54 Å². The Balaban J connectivity index is 1.59. The van der Waals surface area contributed by atoms with Crippen molar-refractivity contribution in [2.24, 2.45) is 11.7 Å². The van der Waals surface area contributed by atoms with Gasteiger partial charge in [-0.05, 0) is 18.8 Å². The van der Waals surface area contributed by atoms with Crippen LogP contribution in [-0.4, -0.2) is 32.9 Å². The first-order valence-corrected chi connectivity index (χ1v) is 7.27. The normalized spacial score (nSPS) is 27.1. The van der Waals surface area contributed by atoms with Crippen LogP contribution in [0.2, 0.25) is 0 Å². The first-order chi connectivity index (χ1) is 9.24. The molecule has 2 atom stereocenters. The molecule has 1 aromatic heterocycles. The number of hydrogen-bond acceptors (Lipinski definition) is 3. The van der Waals surface area contributed by atoms with Crippen molar-refractivity contribution in [1.82, 2.24) is 14.5 Å². The number of imidazole rings is 1. The van der Waals surface area contributed by atoms with Gasteiger partial charge in [-0.1, -0.05) is 12.8 Å². The molecule has 1 fully saturated rings. The standard InChI is InChI=1S/C14H22N4O/c15-12-4-2-1-3-11(12)9-14(19)18-8-7-17-6-5-16-13(17)10-18/h5-6,11-12H,1-4,7-10,15H2. The molecule has 0 radical (unpaired) electrons. The third-order valence-electron chi connectivity index (χ3n) is 4.50. The summed E-state index contributed by atoms with van der Waals surface area (Å²) in [4.78, 5) is 18.6. The lowest BCUT2D eigenvalue weighted by Crippen LogP contribution is -2.42. The number of rotatable bonds is 2. The van der Waals surface area contributed by atoms with E-state index in [1.165, 1.54) is 12.8 Å². The number of aromatic nitrogens is 2. The van der Waals surface area contributed by atoms with Crippen LogP contribution in [0.3, 0.4) is 0 Å². The van der Waals surface area contributed by atoms with E-state index in [9.17, 15) is 4.79 Å². The predicted octanol–water partition coefficient (Wildman–Crippen LogP) is 1.13. The van der Waals surface area contributed by atoms with Gasteiger partial charge in [0.25, 0.3) is 0 Å². The third kappa shape index (κ3) is 2.66. The quantitative estimate of drug-likeness (QED) is 0.869. The van der Waals surface area contributed by atoms with Gasteiger partial charge < -0.3 is 15.2 Å². The molecule has 1 aliphatic heterocycles. The molecule has 5 nitrogen and oxygen atoms in total. The number of amides is 1. The number of nitrogens with two attached hydrogens (primary N) is 1. The molecule has 2 aliphatic rings. The van der Waals surface area contributed by atoms with Gasteiger partial charge in [-0.3, -0.25) is 4.79 Å². The Morgan fingerprint density at radius 3 is 3.05 bits per heavy atom. The summed E-state index contributed by atoms with van der Waals surface area (Å²) in [5.41, 5.74) is 6.13. The zero-order valence-electron chi connectivity index (χ0n) is 11.3. The summed E-state index contributed by atoms with van der Waals surface area (Å²) in [5, 5.41) is 0. The monoisotopic (exact) mass is 262 g/mol. The smallest absolute Gasteiger partial charge is 0.223 e. The molecule has 1 aromatic rings. The molecule has 19 heavy (non-hydrogen) atoms. The second-order valence-electron chi connectivity index (χ2n) is 5.76. The Bertz CT molecular complexity index is 456. The molecule has 104 valence electrons. The van der Waals surface area contributed by atoms with Gasteiger partial charge in [0.2, 0.25) is 5.91 Å². The van der Waals surface area contributed by atoms with Gasteiger partial charge in [-0.15, -0.1) is 0 Å². The van der Waals surface area contributed by atoms with E-state index in [1.807, 2.05) is 11.1 Å². The molecule has 2 N–H and O–H groups in total. The molecule has 0 aromatic carbocycles. The summed E-state index contributed by atoms with van der Waals surface area (Å²) >= 11 is 0. The minimum absolute atomic E-state index is 0.212. The Kier molecular flexibility index (Phi) is 3.55. The van der Waals surface area contributed by atoms with E-state index in [4.69, 9.17) is 5.73 Å². The van der Waals surface area contributed by atoms with E-state index >= 15 is 0 Å².